The highest BCUT2D eigenvalue weighted by atomic mass is 32.1. The van der Waals surface area contributed by atoms with E-state index in [2.05, 4.69) is 39.6 Å². The molecule has 3 aromatic rings. The molecule has 4 atom stereocenters. The number of amides is 1. The average Bonchev–Trinajstić information content (AvgIpc) is 3.50. The summed E-state index contributed by atoms with van der Waals surface area (Å²) in [6, 6.07) is 13.0. The van der Waals surface area contributed by atoms with E-state index in [1.807, 2.05) is 37.5 Å². The van der Waals surface area contributed by atoms with Crippen molar-refractivity contribution in [1.82, 2.24) is 25.5 Å². The predicted molar refractivity (Wildman–Crippen MR) is 130 cm³/mol. The van der Waals surface area contributed by atoms with Crippen LogP contribution in [0.25, 0.3) is 21.5 Å². The first-order chi connectivity index (χ1) is 15.7. The molecule has 0 saturated carbocycles. The number of fused-ring (bicyclic) bond motifs is 1. The zero-order chi connectivity index (χ0) is 22.1. The number of carbonyl (C=O) groups is 1. The molecule has 1 aromatic carbocycles. The van der Waals surface area contributed by atoms with Crippen LogP contribution in [-0.2, 0) is 4.79 Å². The fourth-order valence-electron chi connectivity index (χ4n) is 5.09. The van der Waals surface area contributed by atoms with Crippen LogP contribution < -0.4 is 10.6 Å². The van der Waals surface area contributed by atoms with Crippen LogP contribution in [0, 0.1) is 0 Å². The van der Waals surface area contributed by atoms with Gasteiger partial charge in [-0.1, -0.05) is 41.7 Å². The summed E-state index contributed by atoms with van der Waals surface area (Å²) < 4.78 is 0. The number of aromatic nitrogens is 2. The van der Waals surface area contributed by atoms with E-state index >= 15 is 0 Å². The standard InChI is InChI=1S/C25H31N5OS/c1-16(26-2)19-10-6-11-20(28-19)25(31)30-15-7-12-21(30)23-29-22-18(13-14-27-24(22)32-23)17-8-4-3-5-9-17/h3-5,8-9,13-14,16,19-21,26,28H,6-7,10-12,15H2,1-2H3/t16?,19?,20?,21-/m0/s1. The Hall–Kier alpha value is -2.35. The topological polar surface area (TPSA) is 70.2 Å². The van der Waals surface area contributed by atoms with Gasteiger partial charge in [0.05, 0.1) is 12.1 Å². The van der Waals surface area contributed by atoms with E-state index in [0.29, 0.717) is 12.1 Å². The maximum atomic E-state index is 13.5. The molecule has 2 aliphatic rings. The number of piperidine rings is 1. The van der Waals surface area contributed by atoms with Crippen molar-refractivity contribution < 1.29 is 4.79 Å². The molecule has 1 amide bonds. The summed E-state index contributed by atoms with van der Waals surface area (Å²) in [5.74, 6) is 0.232. The number of likely N-dealkylation sites (tertiary alicyclic amines) is 1. The smallest absolute Gasteiger partial charge is 0.240 e. The van der Waals surface area contributed by atoms with Crippen molar-refractivity contribution in [2.75, 3.05) is 13.6 Å². The molecule has 6 nitrogen and oxygen atoms in total. The number of nitrogens with zero attached hydrogens (tertiary/aromatic N) is 3. The van der Waals surface area contributed by atoms with Gasteiger partial charge in [0, 0.05) is 30.4 Å². The van der Waals surface area contributed by atoms with Crippen LogP contribution in [0.4, 0.5) is 0 Å². The molecule has 32 heavy (non-hydrogen) atoms. The van der Waals surface area contributed by atoms with Crippen LogP contribution in [0.3, 0.4) is 0 Å². The summed E-state index contributed by atoms with van der Waals surface area (Å²) in [6.07, 6.45) is 6.96. The number of hydrogen-bond acceptors (Lipinski definition) is 6. The molecule has 7 heteroatoms. The molecule has 0 radical (unpaired) electrons. The van der Waals surface area contributed by atoms with Crippen molar-refractivity contribution in [2.45, 2.75) is 63.2 Å². The lowest BCUT2D eigenvalue weighted by atomic mass is 9.93. The Balaban J connectivity index is 1.40. The average molecular weight is 450 g/mol. The summed E-state index contributed by atoms with van der Waals surface area (Å²) in [6.45, 7) is 2.99. The third kappa shape index (κ3) is 4.05. The van der Waals surface area contributed by atoms with E-state index in [1.165, 1.54) is 0 Å². The van der Waals surface area contributed by atoms with Crippen molar-refractivity contribution in [1.29, 1.82) is 0 Å². The van der Waals surface area contributed by atoms with E-state index in [9.17, 15) is 4.79 Å². The minimum atomic E-state index is -0.0995. The molecule has 3 unspecified atom stereocenters. The first-order valence-electron chi connectivity index (χ1n) is 11.7. The maximum absolute atomic E-state index is 13.5. The third-order valence-corrected chi connectivity index (χ3v) is 8.06. The lowest BCUT2D eigenvalue weighted by Crippen LogP contribution is -2.56. The molecular formula is C25H31N5OS. The van der Waals surface area contributed by atoms with Crippen LogP contribution in [0.15, 0.2) is 42.6 Å². The van der Waals surface area contributed by atoms with Gasteiger partial charge in [-0.05, 0) is 57.7 Å². The number of thiazole rings is 1. The van der Waals surface area contributed by atoms with Gasteiger partial charge in [-0.3, -0.25) is 4.79 Å². The van der Waals surface area contributed by atoms with Crippen molar-refractivity contribution >= 4 is 27.6 Å². The second kappa shape index (κ2) is 9.25. The highest BCUT2D eigenvalue weighted by molar-refractivity contribution is 7.18. The Kier molecular flexibility index (Phi) is 6.22. The third-order valence-electron chi connectivity index (χ3n) is 7.00. The lowest BCUT2D eigenvalue weighted by molar-refractivity contribution is -0.135. The molecule has 5 rings (SSSR count). The van der Waals surface area contributed by atoms with Crippen LogP contribution in [-0.4, -0.2) is 52.5 Å². The van der Waals surface area contributed by atoms with Crippen molar-refractivity contribution in [3.63, 3.8) is 0 Å². The Labute approximate surface area is 193 Å². The summed E-state index contributed by atoms with van der Waals surface area (Å²) in [4.78, 5) is 26.2. The highest BCUT2D eigenvalue weighted by Crippen LogP contribution is 2.39. The van der Waals surface area contributed by atoms with Gasteiger partial charge in [-0.25, -0.2) is 9.97 Å². The van der Waals surface area contributed by atoms with Crippen LogP contribution in [0.5, 0.6) is 0 Å². The summed E-state index contributed by atoms with van der Waals surface area (Å²) in [7, 11) is 1.99. The van der Waals surface area contributed by atoms with E-state index in [1.54, 1.807) is 11.3 Å². The first-order valence-corrected chi connectivity index (χ1v) is 12.5. The van der Waals surface area contributed by atoms with E-state index in [-0.39, 0.29) is 18.0 Å². The zero-order valence-electron chi connectivity index (χ0n) is 18.8. The summed E-state index contributed by atoms with van der Waals surface area (Å²) in [5.41, 5.74) is 3.19. The monoisotopic (exact) mass is 449 g/mol. The van der Waals surface area contributed by atoms with Crippen molar-refractivity contribution in [3.05, 3.63) is 47.6 Å². The number of hydrogen-bond donors (Lipinski definition) is 2. The largest absolute Gasteiger partial charge is 0.332 e. The summed E-state index contributed by atoms with van der Waals surface area (Å²) in [5, 5.41) is 7.97. The van der Waals surface area contributed by atoms with E-state index in [4.69, 9.17) is 4.98 Å². The Morgan fingerprint density at radius 3 is 2.84 bits per heavy atom. The fraction of sp³-hybridized carbons (Fsp3) is 0.480. The van der Waals surface area contributed by atoms with Crippen LogP contribution in [0.1, 0.15) is 50.1 Å². The van der Waals surface area contributed by atoms with Gasteiger partial charge in [-0.15, -0.1) is 0 Å². The molecule has 2 saturated heterocycles. The van der Waals surface area contributed by atoms with Gasteiger partial charge in [0.15, 0.2) is 0 Å². The van der Waals surface area contributed by atoms with Crippen molar-refractivity contribution in [2.24, 2.45) is 0 Å². The highest BCUT2D eigenvalue weighted by Gasteiger charge is 2.38. The Morgan fingerprint density at radius 2 is 2.03 bits per heavy atom. The maximum Gasteiger partial charge on any atom is 0.240 e. The Morgan fingerprint density at radius 1 is 1.19 bits per heavy atom. The molecule has 0 aliphatic carbocycles. The quantitative estimate of drug-likeness (QED) is 0.613. The van der Waals surface area contributed by atoms with Gasteiger partial charge in [0.2, 0.25) is 5.91 Å². The van der Waals surface area contributed by atoms with Gasteiger partial charge < -0.3 is 15.5 Å². The van der Waals surface area contributed by atoms with Gasteiger partial charge in [-0.2, -0.15) is 0 Å². The lowest BCUT2D eigenvalue weighted by Gasteiger charge is -2.36. The second-order valence-corrected chi connectivity index (χ2v) is 9.96. The number of carbonyl (C=O) groups excluding carboxylic acids is 1. The van der Waals surface area contributed by atoms with Gasteiger partial charge in [0.25, 0.3) is 0 Å². The Bertz CT molecular complexity index is 1080. The van der Waals surface area contributed by atoms with Gasteiger partial charge in [0.1, 0.15) is 15.4 Å². The van der Waals surface area contributed by atoms with Crippen LogP contribution in [0.2, 0.25) is 0 Å². The van der Waals surface area contributed by atoms with Crippen LogP contribution >= 0.6 is 11.3 Å². The molecule has 4 heterocycles. The molecule has 0 spiro atoms. The number of benzene rings is 1. The zero-order valence-corrected chi connectivity index (χ0v) is 19.6. The minimum Gasteiger partial charge on any atom is -0.332 e. The first kappa shape index (κ1) is 21.5. The van der Waals surface area contributed by atoms with E-state index < -0.39 is 0 Å². The molecule has 168 valence electrons. The fourth-order valence-corrected chi connectivity index (χ4v) is 6.17. The van der Waals surface area contributed by atoms with E-state index in [0.717, 1.165) is 65.1 Å². The normalized spacial score (nSPS) is 24.7. The molecule has 2 fully saturated rings. The second-order valence-electron chi connectivity index (χ2n) is 8.95. The van der Waals surface area contributed by atoms with Crippen molar-refractivity contribution in [3.8, 4) is 11.1 Å². The number of pyridine rings is 1. The number of likely N-dealkylation sites (N-methyl/N-ethyl adjacent to an activating group) is 1. The molecule has 2 aromatic heterocycles. The number of nitrogens with one attached hydrogen (secondary N) is 2. The number of rotatable bonds is 5. The van der Waals surface area contributed by atoms with Gasteiger partial charge >= 0.3 is 0 Å². The molecule has 2 N–H and O–H groups in total. The summed E-state index contributed by atoms with van der Waals surface area (Å²) >= 11 is 1.63. The molecule has 2 aliphatic heterocycles. The predicted octanol–water partition coefficient (Wildman–Crippen LogP) is 4.14. The minimum absolute atomic E-state index is 0.0502. The molecule has 0 bridgehead atoms. The SMILES string of the molecule is CNC(C)C1CCCC(C(=O)N2CCC[C@H]2c2nc3c(-c4ccccc4)ccnc3s2)N1. The molecular weight excluding hydrogens is 418 g/mol.